The summed E-state index contributed by atoms with van der Waals surface area (Å²) in [4.78, 5) is 14.9. The number of aliphatic hydroxyl groups is 1. The smallest absolute Gasteiger partial charge is 0.255 e. The molecule has 4 heteroatoms. The van der Waals surface area contributed by atoms with Gasteiger partial charge in [-0.15, -0.1) is 0 Å². The summed E-state index contributed by atoms with van der Waals surface area (Å²) in [5, 5.41) is 9.26. The maximum absolute atomic E-state index is 12.9. The molecule has 2 heterocycles. The van der Waals surface area contributed by atoms with Gasteiger partial charge in [0.05, 0.1) is 5.56 Å². The van der Waals surface area contributed by atoms with E-state index in [1.807, 2.05) is 30.9 Å². The van der Waals surface area contributed by atoms with E-state index in [0.717, 1.165) is 48.6 Å². The molecule has 1 saturated heterocycles. The van der Waals surface area contributed by atoms with Gasteiger partial charge in [-0.25, -0.2) is 0 Å². The molecular weight excluding hydrogens is 300 g/mol. The number of carbonyl (C=O) groups is 1. The number of piperidine rings is 1. The molecule has 3 rings (SSSR count). The Morgan fingerprint density at radius 2 is 1.88 bits per heavy atom. The molecule has 0 atom stereocenters. The third kappa shape index (κ3) is 3.11. The highest BCUT2D eigenvalue weighted by Gasteiger charge is 2.26. The largest absolute Gasteiger partial charge is 0.396 e. The zero-order chi connectivity index (χ0) is 17.3. The van der Waals surface area contributed by atoms with Crippen LogP contribution < -0.4 is 0 Å². The van der Waals surface area contributed by atoms with E-state index in [-0.39, 0.29) is 12.5 Å². The zero-order valence-electron chi connectivity index (χ0n) is 14.7. The molecular formula is C20H26N2O2. The fourth-order valence-electron chi connectivity index (χ4n) is 3.63. The van der Waals surface area contributed by atoms with Crippen LogP contribution in [0.15, 0.2) is 30.3 Å². The number of rotatable bonds is 3. The summed E-state index contributed by atoms with van der Waals surface area (Å²) in [5.74, 6) is 0.451. The first-order valence-electron chi connectivity index (χ1n) is 8.67. The van der Waals surface area contributed by atoms with E-state index in [4.69, 9.17) is 0 Å². The average molecular weight is 326 g/mol. The van der Waals surface area contributed by atoms with E-state index in [1.54, 1.807) is 0 Å². The van der Waals surface area contributed by atoms with Crippen LogP contribution in [0.2, 0.25) is 0 Å². The van der Waals surface area contributed by atoms with Crippen LogP contribution in [0.5, 0.6) is 0 Å². The van der Waals surface area contributed by atoms with E-state index < -0.39 is 0 Å². The van der Waals surface area contributed by atoms with Crippen molar-refractivity contribution in [2.75, 3.05) is 19.7 Å². The van der Waals surface area contributed by atoms with Crippen molar-refractivity contribution >= 4 is 5.91 Å². The molecule has 1 aliphatic heterocycles. The second-order valence-electron chi connectivity index (χ2n) is 6.88. The molecule has 0 unspecified atom stereocenters. The van der Waals surface area contributed by atoms with Crippen molar-refractivity contribution in [2.45, 2.75) is 33.6 Å². The molecule has 0 aliphatic carbocycles. The van der Waals surface area contributed by atoms with Gasteiger partial charge in [-0.3, -0.25) is 4.79 Å². The molecule has 0 radical (unpaired) electrons. The maximum Gasteiger partial charge on any atom is 0.255 e. The molecule has 0 spiro atoms. The highest BCUT2D eigenvalue weighted by atomic mass is 16.3. The van der Waals surface area contributed by atoms with Gasteiger partial charge in [0, 0.05) is 36.8 Å². The lowest BCUT2D eigenvalue weighted by Crippen LogP contribution is -2.39. The minimum atomic E-state index is 0.110. The Hall–Kier alpha value is -2.07. The van der Waals surface area contributed by atoms with Gasteiger partial charge in [-0.05, 0) is 63.3 Å². The standard InChI is InChI=1S/C20H26N2O2/c1-14-5-4-6-18(11-14)22-15(2)12-19(16(22)3)20(24)21-9-7-17(13-23)8-10-21/h4-6,11-12,17,23H,7-10,13H2,1-3H3. The SMILES string of the molecule is Cc1cccc(-n2c(C)cc(C(=O)N3CCC(CO)CC3)c2C)c1. The lowest BCUT2D eigenvalue weighted by Gasteiger charge is -2.31. The second-order valence-corrected chi connectivity index (χ2v) is 6.88. The molecule has 1 fully saturated rings. The number of aliphatic hydroxyl groups excluding tert-OH is 1. The number of hydrogen-bond acceptors (Lipinski definition) is 2. The molecule has 1 aliphatic rings. The lowest BCUT2D eigenvalue weighted by atomic mass is 9.97. The first-order valence-corrected chi connectivity index (χ1v) is 8.67. The number of aryl methyl sites for hydroxylation is 2. The van der Waals surface area contributed by atoms with Crippen LogP contribution in [-0.4, -0.2) is 40.2 Å². The van der Waals surface area contributed by atoms with Crippen molar-refractivity contribution in [1.82, 2.24) is 9.47 Å². The Bertz CT molecular complexity index is 740. The first kappa shape index (κ1) is 16.8. The van der Waals surface area contributed by atoms with Gasteiger partial charge in [-0.2, -0.15) is 0 Å². The molecule has 1 aromatic carbocycles. The Kier molecular flexibility index (Phi) is 4.76. The summed E-state index contributed by atoms with van der Waals surface area (Å²) in [6.07, 6.45) is 1.78. The molecule has 2 aromatic rings. The number of likely N-dealkylation sites (tertiary alicyclic amines) is 1. The number of benzene rings is 1. The van der Waals surface area contributed by atoms with Gasteiger partial charge in [0.2, 0.25) is 0 Å². The van der Waals surface area contributed by atoms with E-state index in [1.165, 1.54) is 5.56 Å². The van der Waals surface area contributed by atoms with Crippen LogP contribution in [0, 0.1) is 26.7 Å². The molecule has 1 N–H and O–H groups in total. The van der Waals surface area contributed by atoms with Crippen LogP contribution in [0.25, 0.3) is 5.69 Å². The highest BCUT2D eigenvalue weighted by Crippen LogP contribution is 2.25. The van der Waals surface area contributed by atoms with Gasteiger partial charge in [0.1, 0.15) is 0 Å². The summed E-state index contributed by atoms with van der Waals surface area (Å²) in [6, 6.07) is 10.3. The second kappa shape index (κ2) is 6.81. The third-order valence-corrected chi connectivity index (χ3v) is 5.08. The molecule has 0 saturated carbocycles. The Labute approximate surface area is 143 Å². The van der Waals surface area contributed by atoms with E-state index in [9.17, 15) is 9.90 Å². The molecule has 1 aromatic heterocycles. The highest BCUT2D eigenvalue weighted by molar-refractivity contribution is 5.96. The van der Waals surface area contributed by atoms with Crippen LogP contribution in [0.1, 0.15) is 40.2 Å². The fourth-order valence-corrected chi connectivity index (χ4v) is 3.63. The number of amides is 1. The predicted molar refractivity (Wildman–Crippen MR) is 95.7 cm³/mol. The topological polar surface area (TPSA) is 45.5 Å². The van der Waals surface area contributed by atoms with Gasteiger partial charge >= 0.3 is 0 Å². The van der Waals surface area contributed by atoms with Gasteiger partial charge in [0.25, 0.3) is 5.91 Å². The van der Waals surface area contributed by atoms with Crippen LogP contribution in [0.4, 0.5) is 0 Å². The molecule has 1 amide bonds. The Morgan fingerprint density at radius 1 is 1.17 bits per heavy atom. The van der Waals surface area contributed by atoms with E-state index in [2.05, 4.69) is 29.7 Å². The minimum absolute atomic E-state index is 0.110. The Balaban J connectivity index is 1.88. The van der Waals surface area contributed by atoms with Gasteiger partial charge in [-0.1, -0.05) is 12.1 Å². The number of aromatic nitrogens is 1. The van der Waals surface area contributed by atoms with Gasteiger partial charge in [0.15, 0.2) is 0 Å². The first-order chi connectivity index (χ1) is 11.5. The number of nitrogens with zero attached hydrogens (tertiary/aromatic N) is 2. The fraction of sp³-hybridized carbons (Fsp3) is 0.450. The number of hydrogen-bond donors (Lipinski definition) is 1. The van der Waals surface area contributed by atoms with E-state index >= 15 is 0 Å². The van der Waals surface area contributed by atoms with Crippen molar-refractivity contribution in [2.24, 2.45) is 5.92 Å². The van der Waals surface area contributed by atoms with Crippen LogP contribution >= 0.6 is 0 Å². The monoisotopic (exact) mass is 326 g/mol. The third-order valence-electron chi connectivity index (χ3n) is 5.08. The summed E-state index contributed by atoms with van der Waals surface area (Å²) in [7, 11) is 0. The molecule has 128 valence electrons. The van der Waals surface area contributed by atoms with Crippen molar-refractivity contribution in [3.05, 3.63) is 52.8 Å². The van der Waals surface area contributed by atoms with Crippen LogP contribution in [0.3, 0.4) is 0 Å². The summed E-state index contributed by atoms with van der Waals surface area (Å²) < 4.78 is 2.15. The summed E-state index contributed by atoms with van der Waals surface area (Å²) in [5.41, 5.74) is 5.16. The van der Waals surface area contributed by atoms with Crippen molar-refractivity contribution in [3.63, 3.8) is 0 Å². The van der Waals surface area contributed by atoms with Crippen molar-refractivity contribution in [1.29, 1.82) is 0 Å². The van der Waals surface area contributed by atoms with Crippen LogP contribution in [-0.2, 0) is 0 Å². The lowest BCUT2D eigenvalue weighted by molar-refractivity contribution is 0.0650. The normalized spacial score (nSPS) is 15.8. The zero-order valence-corrected chi connectivity index (χ0v) is 14.7. The van der Waals surface area contributed by atoms with Crippen molar-refractivity contribution in [3.8, 4) is 5.69 Å². The number of carbonyl (C=O) groups excluding carboxylic acids is 1. The van der Waals surface area contributed by atoms with E-state index in [0.29, 0.717) is 5.92 Å². The minimum Gasteiger partial charge on any atom is -0.396 e. The quantitative estimate of drug-likeness (QED) is 0.941. The Morgan fingerprint density at radius 3 is 2.50 bits per heavy atom. The summed E-state index contributed by atoms with van der Waals surface area (Å²) >= 11 is 0. The summed E-state index contributed by atoms with van der Waals surface area (Å²) in [6.45, 7) is 7.84. The molecule has 4 nitrogen and oxygen atoms in total. The average Bonchev–Trinajstić information content (AvgIpc) is 2.89. The maximum atomic E-state index is 12.9. The predicted octanol–water partition coefficient (Wildman–Crippen LogP) is 3.25. The van der Waals surface area contributed by atoms with Crippen molar-refractivity contribution < 1.29 is 9.90 Å². The van der Waals surface area contributed by atoms with Gasteiger partial charge < -0.3 is 14.6 Å². The molecule has 0 bridgehead atoms. The molecule has 24 heavy (non-hydrogen) atoms.